The Balaban J connectivity index is 2.26. The van der Waals surface area contributed by atoms with Gasteiger partial charge < -0.3 is 14.5 Å². The summed E-state index contributed by atoms with van der Waals surface area (Å²) in [5, 5.41) is 2.87. The quantitative estimate of drug-likeness (QED) is 0.798. The molecule has 0 radical (unpaired) electrons. The van der Waals surface area contributed by atoms with Crippen LogP contribution in [0.1, 0.15) is 10.6 Å². The molecule has 0 atom stereocenters. The molecule has 19 heavy (non-hydrogen) atoms. The Morgan fingerprint density at radius 2 is 2.05 bits per heavy atom. The zero-order chi connectivity index (χ0) is 14.0. The summed E-state index contributed by atoms with van der Waals surface area (Å²) in [4.78, 5) is 11.9. The van der Waals surface area contributed by atoms with Crippen LogP contribution in [0.2, 0.25) is 5.22 Å². The molecule has 100 valence electrons. The van der Waals surface area contributed by atoms with E-state index in [4.69, 9.17) is 20.8 Å². The molecule has 0 aliphatic heterocycles. The van der Waals surface area contributed by atoms with Crippen LogP contribution in [0.25, 0.3) is 0 Å². The number of hydrogen-bond acceptors (Lipinski definition) is 3. The van der Waals surface area contributed by atoms with E-state index < -0.39 is 5.91 Å². The Morgan fingerprint density at radius 3 is 2.63 bits per heavy atom. The first-order valence-electron chi connectivity index (χ1n) is 5.11. The van der Waals surface area contributed by atoms with Crippen molar-refractivity contribution in [1.29, 1.82) is 0 Å². The summed E-state index contributed by atoms with van der Waals surface area (Å²) in [6.45, 7) is 0. The first-order chi connectivity index (χ1) is 9.01. The van der Waals surface area contributed by atoms with Gasteiger partial charge in [0.2, 0.25) is 0 Å². The highest BCUT2D eigenvalue weighted by Gasteiger charge is 2.14. The van der Waals surface area contributed by atoms with Gasteiger partial charge in [-0.1, -0.05) is 0 Å². The number of hydrogen-bond donors (Lipinski definition) is 1. The summed E-state index contributed by atoms with van der Waals surface area (Å²) in [6.07, 6.45) is 0. The van der Waals surface area contributed by atoms with E-state index in [1.807, 2.05) is 0 Å². The van der Waals surface area contributed by atoms with E-state index in [0.29, 0.717) is 15.9 Å². The molecular formula is C12H8Br2ClNO3. The molecule has 0 aliphatic rings. The van der Waals surface area contributed by atoms with Crippen LogP contribution in [-0.2, 0) is 0 Å². The minimum atomic E-state index is -0.392. The van der Waals surface area contributed by atoms with Gasteiger partial charge in [0.25, 0.3) is 5.91 Å². The second-order valence-electron chi connectivity index (χ2n) is 3.52. The van der Waals surface area contributed by atoms with Crippen LogP contribution >= 0.6 is 43.5 Å². The molecule has 4 nitrogen and oxygen atoms in total. The van der Waals surface area contributed by atoms with Crippen molar-refractivity contribution < 1.29 is 13.9 Å². The minimum Gasteiger partial charge on any atom is -0.495 e. The van der Waals surface area contributed by atoms with E-state index in [2.05, 4.69) is 37.2 Å². The summed E-state index contributed by atoms with van der Waals surface area (Å²) < 4.78 is 11.7. The Morgan fingerprint density at radius 1 is 1.32 bits per heavy atom. The number of anilines is 1. The van der Waals surface area contributed by atoms with E-state index in [0.717, 1.165) is 4.47 Å². The van der Waals surface area contributed by atoms with Crippen LogP contribution in [0.4, 0.5) is 5.69 Å². The highest BCUT2D eigenvalue weighted by Crippen LogP contribution is 2.34. The van der Waals surface area contributed by atoms with Gasteiger partial charge in [-0.3, -0.25) is 4.79 Å². The van der Waals surface area contributed by atoms with Crippen molar-refractivity contribution in [2.45, 2.75) is 0 Å². The molecule has 0 saturated heterocycles. The molecule has 0 saturated carbocycles. The molecule has 0 aliphatic carbocycles. The lowest BCUT2D eigenvalue weighted by atomic mass is 10.3. The molecule has 1 aromatic carbocycles. The van der Waals surface area contributed by atoms with E-state index in [1.54, 1.807) is 19.2 Å². The number of amides is 1. The molecule has 0 fully saturated rings. The Labute approximate surface area is 131 Å². The van der Waals surface area contributed by atoms with Crippen LogP contribution in [0.5, 0.6) is 5.75 Å². The van der Waals surface area contributed by atoms with E-state index in [-0.39, 0.29) is 11.0 Å². The van der Waals surface area contributed by atoms with Gasteiger partial charge in [0.05, 0.1) is 17.3 Å². The second kappa shape index (κ2) is 5.98. The average Bonchev–Trinajstić information content (AvgIpc) is 2.79. The maximum Gasteiger partial charge on any atom is 0.291 e. The fourth-order valence-corrected chi connectivity index (χ4v) is 2.80. The third kappa shape index (κ3) is 3.32. The Bertz CT molecular complexity index is 627. The molecule has 7 heteroatoms. The largest absolute Gasteiger partial charge is 0.495 e. The predicted molar refractivity (Wildman–Crippen MR) is 80.1 cm³/mol. The van der Waals surface area contributed by atoms with Crippen LogP contribution < -0.4 is 10.1 Å². The number of carbonyl (C=O) groups is 1. The molecule has 1 amide bonds. The highest BCUT2D eigenvalue weighted by molar-refractivity contribution is 9.11. The van der Waals surface area contributed by atoms with Crippen molar-refractivity contribution in [3.63, 3.8) is 0 Å². The van der Waals surface area contributed by atoms with Crippen molar-refractivity contribution >= 4 is 55.1 Å². The molecule has 1 N–H and O–H groups in total. The van der Waals surface area contributed by atoms with Crippen LogP contribution in [0.3, 0.4) is 0 Å². The normalized spacial score (nSPS) is 10.3. The molecule has 1 aromatic heterocycles. The van der Waals surface area contributed by atoms with Crippen molar-refractivity contribution in [3.8, 4) is 5.75 Å². The summed E-state index contributed by atoms with van der Waals surface area (Å²) >= 11 is 12.3. The minimum absolute atomic E-state index is 0.138. The van der Waals surface area contributed by atoms with Crippen LogP contribution in [0, 0.1) is 0 Å². The van der Waals surface area contributed by atoms with Crippen molar-refractivity contribution in [1.82, 2.24) is 0 Å². The molecule has 2 rings (SSSR count). The van der Waals surface area contributed by atoms with Gasteiger partial charge in [0, 0.05) is 10.5 Å². The lowest BCUT2D eigenvalue weighted by molar-refractivity contribution is 0.0996. The smallest absolute Gasteiger partial charge is 0.291 e. The third-order valence-electron chi connectivity index (χ3n) is 2.29. The lowest BCUT2D eigenvalue weighted by Gasteiger charge is -2.10. The van der Waals surface area contributed by atoms with Gasteiger partial charge >= 0.3 is 0 Å². The molecule has 0 unspecified atom stereocenters. The fourth-order valence-electron chi connectivity index (χ4n) is 1.40. The second-order valence-corrected chi connectivity index (χ2v) is 5.61. The number of rotatable bonds is 3. The number of nitrogens with one attached hydrogen (secondary N) is 1. The van der Waals surface area contributed by atoms with E-state index >= 15 is 0 Å². The number of carbonyl (C=O) groups excluding carboxylic acids is 1. The van der Waals surface area contributed by atoms with Gasteiger partial charge in [-0.25, -0.2) is 0 Å². The fraction of sp³-hybridized carbons (Fsp3) is 0.0833. The average molecular weight is 409 g/mol. The lowest BCUT2D eigenvalue weighted by Crippen LogP contribution is -2.11. The number of furan rings is 1. The molecule has 0 spiro atoms. The summed E-state index contributed by atoms with van der Waals surface area (Å²) in [5.74, 6) is 0.353. The Hall–Kier alpha value is -0.980. The molecular weight excluding hydrogens is 401 g/mol. The molecule has 1 heterocycles. The predicted octanol–water partition coefficient (Wildman–Crippen LogP) is 4.72. The van der Waals surface area contributed by atoms with Crippen molar-refractivity contribution in [2.24, 2.45) is 0 Å². The van der Waals surface area contributed by atoms with Gasteiger partial charge in [0.15, 0.2) is 11.0 Å². The number of ether oxygens (including phenoxy) is 1. The summed E-state index contributed by atoms with van der Waals surface area (Å²) in [7, 11) is 1.55. The number of methoxy groups -OCH3 is 1. The van der Waals surface area contributed by atoms with Crippen LogP contribution in [-0.4, -0.2) is 13.0 Å². The SMILES string of the molecule is COc1cc(NC(=O)c2ccc(Cl)o2)c(Br)cc1Br. The summed E-state index contributed by atoms with van der Waals surface area (Å²) in [5.41, 5.74) is 0.567. The number of halogens is 3. The topological polar surface area (TPSA) is 51.5 Å². The van der Waals surface area contributed by atoms with Crippen LogP contribution in [0.15, 0.2) is 37.6 Å². The zero-order valence-corrected chi connectivity index (χ0v) is 13.6. The maximum absolute atomic E-state index is 11.9. The van der Waals surface area contributed by atoms with Gasteiger partial charge in [-0.05, 0) is 61.7 Å². The van der Waals surface area contributed by atoms with E-state index in [9.17, 15) is 4.79 Å². The van der Waals surface area contributed by atoms with E-state index in [1.165, 1.54) is 12.1 Å². The molecule has 0 bridgehead atoms. The van der Waals surface area contributed by atoms with Gasteiger partial charge in [0.1, 0.15) is 5.75 Å². The standard InChI is InChI=1S/C12H8Br2ClNO3/c1-18-10-5-8(6(13)4-7(10)14)16-12(17)9-2-3-11(15)19-9/h2-5H,1H3,(H,16,17). The number of benzene rings is 1. The van der Waals surface area contributed by atoms with Crippen molar-refractivity contribution in [2.75, 3.05) is 12.4 Å². The highest BCUT2D eigenvalue weighted by atomic mass is 79.9. The Kier molecular flexibility index (Phi) is 4.54. The van der Waals surface area contributed by atoms with Gasteiger partial charge in [-0.15, -0.1) is 0 Å². The van der Waals surface area contributed by atoms with Crippen molar-refractivity contribution in [3.05, 3.63) is 44.2 Å². The maximum atomic E-state index is 11.9. The first kappa shape index (κ1) is 14.4. The summed E-state index contributed by atoms with van der Waals surface area (Å²) in [6, 6.07) is 6.48. The first-order valence-corrected chi connectivity index (χ1v) is 7.07. The third-order valence-corrected chi connectivity index (χ3v) is 3.77. The zero-order valence-electron chi connectivity index (χ0n) is 9.67. The van der Waals surface area contributed by atoms with Gasteiger partial charge in [-0.2, -0.15) is 0 Å². The molecule has 2 aromatic rings. The monoisotopic (exact) mass is 407 g/mol.